The lowest BCUT2D eigenvalue weighted by Crippen LogP contribution is -1.92. The molecule has 0 fully saturated rings. The third kappa shape index (κ3) is 3.90. The van der Waals surface area contributed by atoms with Crippen LogP contribution in [0.5, 0.6) is 0 Å². The zero-order chi connectivity index (χ0) is 32.8. The highest BCUT2D eigenvalue weighted by Gasteiger charge is 2.20. The summed E-state index contributed by atoms with van der Waals surface area (Å²) < 4.78 is 12.8. The summed E-state index contributed by atoms with van der Waals surface area (Å²) in [5, 5.41) is 11.8. The minimum Gasteiger partial charge on any atom is -0.456 e. The quantitative estimate of drug-likeness (QED) is 0.180. The summed E-state index contributed by atoms with van der Waals surface area (Å²) in [5.74, 6) is 0. The van der Waals surface area contributed by atoms with Crippen LogP contribution in [0.15, 0.2) is 179 Å². The Kier molecular flexibility index (Phi) is 5.70. The molecule has 0 atom stereocenters. The number of para-hydroxylation sites is 1. The molecule has 2 nitrogen and oxygen atoms in total. The van der Waals surface area contributed by atoms with Gasteiger partial charge in [0.25, 0.3) is 0 Å². The van der Waals surface area contributed by atoms with E-state index in [2.05, 4.69) is 146 Å². The minimum atomic E-state index is 0.867. The second-order valence-corrected chi connectivity index (χ2v) is 13.2. The largest absolute Gasteiger partial charge is 0.456 e. The zero-order valence-corrected chi connectivity index (χ0v) is 27.0. The van der Waals surface area contributed by atoms with E-state index in [9.17, 15) is 0 Å². The molecule has 232 valence electrons. The van der Waals surface area contributed by atoms with Gasteiger partial charge in [0.2, 0.25) is 0 Å². The van der Waals surface area contributed by atoms with E-state index in [4.69, 9.17) is 8.83 Å². The Balaban J connectivity index is 1.19. The van der Waals surface area contributed by atoms with Gasteiger partial charge < -0.3 is 8.83 Å². The van der Waals surface area contributed by atoms with Crippen LogP contribution in [0.3, 0.4) is 0 Å². The van der Waals surface area contributed by atoms with Crippen molar-refractivity contribution in [3.05, 3.63) is 170 Å². The van der Waals surface area contributed by atoms with Gasteiger partial charge in [-0.1, -0.05) is 127 Å². The van der Waals surface area contributed by atoms with Crippen molar-refractivity contribution >= 4 is 76.2 Å². The van der Waals surface area contributed by atoms with Crippen LogP contribution >= 0.6 is 0 Å². The van der Waals surface area contributed by atoms with Gasteiger partial charge in [-0.3, -0.25) is 0 Å². The summed E-state index contributed by atoms with van der Waals surface area (Å²) in [6.07, 6.45) is 0. The van der Waals surface area contributed by atoms with Crippen molar-refractivity contribution in [2.45, 2.75) is 0 Å². The maximum atomic E-state index is 6.57. The molecule has 0 amide bonds. The van der Waals surface area contributed by atoms with Crippen LogP contribution in [-0.4, -0.2) is 0 Å². The van der Waals surface area contributed by atoms with Gasteiger partial charge >= 0.3 is 0 Å². The molecule has 0 aliphatic heterocycles. The van der Waals surface area contributed by atoms with E-state index in [0.717, 1.165) is 55.0 Å². The fourth-order valence-corrected chi connectivity index (χ4v) is 8.28. The van der Waals surface area contributed by atoms with Crippen LogP contribution in [0.1, 0.15) is 0 Å². The van der Waals surface area contributed by atoms with Gasteiger partial charge in [0.15, 0.2) is 0 Å². The number of hydrogen-bond acceptors (Lipinski definition) is 2. The molecule has 2 heterocycles. The van der Waals surface area contributed by atoms with E-state index < -0.39 is 0 Å². The van der Waals surface area contributed by atoms with Crippen molar-refractivity contribution < 1.29 is 8.83 Å². The molecule has 2 aromatic heterocycles. The predicted octanol–water partition coefficient (Wildman–Crippen LogP) is 13.9. The Morgan fingerprint density at radius 1 is 0.280 bits per heavy atom. The summed E-state index contributed by atoms with van der Waals surface area (Å²) >= 11 is 0. The van der Waals surface area contributed by atoms with Crippen LogP contribution in [0.2, 0.25) is 0 Å². The van der Waals surface area contributed by atoms with Gasteiger partial charge in [-0.2, -0.15) is 0 Å². The molecule has 0 aliphatic rings. The van der Waals surface area contributed by atoms with E-state index in [1.165, 1.54) is 54.6 Å². The fourth-order valence-electron chi connectivity index (χ4n) is 8.28. The highest BCUT2D eigenvalue weighted by molar-refractivity contribution is 6.26. The Bertz CT molecular complexity index is 3080. The van der Waals surface area contributed by atoms with E-state index in [1.54, 1.807) is 0 Å². The molecule has 0 unspecified atom stereocenters. The van der Waals surface area contributed by atoms with Crippen LogP contribution < -0.4 is 0 Å². The first-order chi connectivity index (χ1) is 24.8. The second kappa shape index (κ2) is 10.4. The first kappa shape index (κ1) is 27.3. The van der Waals surface area contributed by atoms with Gasteiger partial charge in [-0.05, 0) is 108 Å². The van der Waals surface area contributed by atoms with Gasteiger partial charge in [-0.15, -0.1) is 0 Å². The van der Waals surface area contributed by atoms with Crippen molar-refractivity contribution in [3.63, 3.8) is 0 Å². The molecule has 0 N–H and O–H groups in total. The van der Waals surface area contributed by atoms with E-state index in [1.807, 2.05) is 24.3 Å². The molecule has 0 bridgehead atoms. The van der Waals surface area contributed by atoms with E-state index >= 15 is 0 Å². The molecule has 0 saturated carbocycles. The third-order valence-corrected chi connectivity index (χ3v) is 10.4. The normalized spacial score (nSPS) is 12.0. The van der Waals surface area contributed by atoms with E-state index in [-0.39, 0.29) is 0 Å². The molecule has 0 spiro atoms. The van der Waals surface area contributed by atoms with Gasteiger partial charge in [0, 0.05) is 21.5 Å². The lowest BCUT2D eigenvalue weighted by atomic mass is 9.84. The lowest BCUT2D eigenvalue weighted by Gasteiger charge is -2.19. The van der Waals surface area contributed by atoms with Crippen LogP contribution in [0, 0.1) is 0 Å². The lowest BCUT2D eigenvalue weighted by molar-refractivity contribution is 0.663. The molecule has 50 heavy (non-hydrogen) atoms. The smallest absolute Gasteiger partial charge is 0.136 e. The molecule has 0 radical (unpaired) electrons. The summed E-state index contributed by atoms with van der Waals surface area (Å²) in [7, 11) is 0. The fraction of sp³-hybridized carbons (Fsp3) is 0. The first-order valence-corrected chi connectivity index (χ1v) is 17.1. The Morgan fingerprint density at radius 3 is 1.52 bits per heavy atom. The van der Waals surface area contributed by atoms with Crippen molar-refractivity contribution in [1.29, 1.82) is 0 Å². The molecule has 0 saturated heterocycles. The molecule has 9 aromatic carbocycles. The maximum Gasteiger partial charge on any atom is 0.136 e. The van der Waals surface area contributed by atoms with Crippen molar-refractivity contribution in [1.82, 2.24) is 0 Å². The highest BCUT2D eigenvalue weighted by atomic mass is 16.3. The standard InChI is InChI=1S/C48H28O2/c1-2-12-29(13-3-1)45-34-16-6-8-18-36(34)46(37-19-9-7-17-35(37)45)40-27-32(26-31-14-4-5-15-33(31)40)30-22-23-39-44(28-30)50-43-25-24-42-47(48(39)43)38-20-10-11-21-41(38)49-42/h1-28H. The summed E-state index contributed by atoms with van der Waals surface area (Å²) in [4.78, 5) is 0. The maximum absolute atomic E-state index is 6.57. The van der Waals surface area contributed by atoms with Crippen LogP contribution in [0.4, 0.5) is 0 Å². The van der Waals surface area contributed by atoms with E-state index in [0.29, 0.717) is 0 Å². The average molecular weight is 637 g/mol. The SMILES string of the molecule is c1ccc(-c2c3ccccc3c(-c3cc(-c4ccc5c(c4)oc4ccc6oc7ccccc7c6c45)cc4ccccc34)c3ccccc23)cc1. The molecule has 11 rings (SSSR count). The minimum absolute atomic E-state index is 0.867. The monoisotopic (exact) mass is 636 g/mol. The zero-order valence-electron chi connectivity index (χ0n) is 27.0. The van der Waals surface area contributed by atoms with Crippen LogP contribution in [-0.2, 0) is 0 Å². The molecule has 11 aromatic rings. The number of furan rings is 2. The first-order valence-electron chi connectivity index (χ1n) is 17.1. The van der Waals surface area contributed by atoms with Gasteiger partial charge in [0.1, 0.15) is 22.3 Å². The second-order valence-electron chi connectivity index (χ2n) is 13.2. The highest BCUT2D eigenvalue weighted by Crippen LogP contribution is 2.47. The Hall–Kier alpha value is -6.64. The summed E-state index contributed by atoms with van der Waals surface area (Å²) in [5.41, 5.74) is 10.8. The van der Waals surface area contributed by atoms with Gasteiger partial charge in [0.05, 0.1) is 0 Å². The third-order valence-electron chi connectivity index (χ3n) is 10.4. The van der Waals surface area contributed by atoms with Crippen molar-refractivity contribution in [2.24, 2.45) is 0 Å². The Labute approximate surface area is 287 Å². The summed E-state index contributed by atoms with van der Waals surface area (Å²) in [6, 6.07) is 60.9. The van der Waals surface area contributed by atoms with Crippen molar-refractivity contribution in [3.8, 4) is 33.4 Å². The molecule has 0 aliphatic carbocycles. The number of hydrogen-bond donors (Lipinski definition) is 0. The topological polar surface area (TPSA) is 26.3 Å². The van der Waals surface area contributed by atoms with Gasteiger partial charge in [-0.25, -0.2) is 0 Å². The Morgan fingerprint density at radius 2 is 0.820 bits per heavy atom. The average Bonchev–Trinajstić information content (AvgIpc) is 3.74. The van der Waals surface area contributed by atoms with Crippen molar-refractivity contribution in [2.75, 3.05) is 0 Å². The van der Waals surface area contributed by atoms with Crippen LogP contribution in [0.25, 0.3) is 110 Å². The number of rotatable bonds is 3. The molecule has 2 heteroatoms. The molecular formula is C48H28O2. The number of fused-ring (bicyclic) bond motifs is 10. The molecular weight excluding hydrogens is 609 g/mol. The summed E-state index contributed by atoms with van der Waals surface area (Å²) in [6.45, 7) is 0. The predicted molar refractivity (Wildman–Crippen MR) is 210 cm³/mol. The number of benzene rings is 9.